The van der Waals surface area contributed by atoms with Gasteiger partial charge in [0.05, 0.1) is 11.5 Å². The van der Waals surface area contributed by atoms with Crippen molar-refractivity contribution in [3.05, 3.63) is 10.1 Å². The first kappa shape index (κ1) is 12.2. The van der Waals surface area contributed by atoms with Crippen LogP contribution in [0.4, 0.5) is 0 Å². The molecule has 1 aliphatic heterocycles. The van der Waals surface area contributed by atoms with E-state index in [9.17, 15) is 20.3 Å². The molecule has 0 radical (unpaired) electrons. The third-order valence-corrected chi connectivity index (χ3v) is 2.29. The van der Waals surface area contributed by atoms with Gasteiger partial charge in [-0.05, 0) is 0 Å². The number of hydrogen-bond acceptors (Lipinski definition) is 8. The summed E-state index contributed by atoms with van der Waals surface area (Å²) in [6, 6.07) is 0. The molecule has 0 unspecified atom stereocenters. The highest BCUT2D eigenvalue weighted by atomic mass is 16.7. The average molecular weight is 225 g/mol. The predicted molar refractivity (Wildman–Crippen MR) is 41.9 cm³/mol. The molecule has 5 atom stereocenters. The first-order chi connectivity index (χ1) is 6.85. The molecular weight excluding hydrogens is 214 g/mol. The topological polar surface area (TPSA) is 154 Å². The summed E-state index contributed by atoms with van der Waals surface area (Å²) in [5.41, 5.74) is -3.05. The Hall–Kier alpha value is -0.840. The molecule has 1 fully saturated rings. The number of nitro groups is 1. The molecule has 15 heavy (non-hydrogen) atoms. The lowest BCUT2D eigenvalue weighted by Gasteiger charge is -2.39. The zero-order valence-electron chi connectivity index (χ0n) is 7.42. The Morgan fingerprint density at radius 2 is 1.93 bits per heavy atom. The van der Waals surface area contributed by atoms with E-state index in [0.29, 0.717) is 0 Å². The van der Waals surface area contributed by atoms with Crippen molar-refractivity contribution in [2.45, 2.75) is 30.3 Å². The monoisotopic (exact) mass is 225 g/mol. The molecule has 1 aliphatic rings. The second kappa shape index (κ2) is 3.96. The largest absolute Gasteiger partial charge is 0.393 e. The van der Waals surface area contributed by atoms with Crippen LogP contribution in [0, 0.1) is 10.1 Å². The number of rotatable bonds is 2. The summed E-state index contributed by atoms with van der Waals surface area (Å²) >= 11 is 0. The standard InChI is InChI=1S/C6H11NO8/c8-1-2-6(12,7(13)14)4(10)3(9)5(11)15-2/h2-5,8-12H,1H2/t2-,3-,4-,5+,6-/m1/s1. The lowest BCUT2D eigenvalue weighted by atomic mass is 9.93. The summed E-state index contributed by atoms with van der Waals surface area (Å²) in [4.78, 5) is 9.24. The van der Waals surface area contributed by atoms with Gasteiger partial charge in [0.2, 0.25) is 0 Å². The van der Waals surface area contributed by atoms with Gasteiger partial charge in [-0.25, -0.2) is 0 Å². The quantitative estimate of drug-likeness (QED) is 0.183. The van der Waals surface area contributed by atoms with Crippen LogP contribution in [-0.4, -0.2) is 67.4 Å². The van der Waals surface area contributed by atoms with Crippen LogP contribution in [-0.2, 0) is 4.74 Å². The summed E-state index contributed by atoms with van der Waals surface area (Å²) < 4.78 is 4.40. The second-order valence-electron chi connectivity index (χ2n) is 3.17. The molecule has 5 N–H and O–H groups in total. The highest BCUT2D eigenvalue weighted by Gasteiger charge is 2.64. The van der Waals surface area contributed by atoms with Gasteiger partial charge in [0.25, 0.3) is 0 Å². The number of nitrogens with zero attached hydrogens (tertiary/aromatic N) is 1. The lowest BCUT2D eigenvalue weighted by Crippen LogP contribution is -2.70. The van der Waals surface area contributed by atoms with E-state index in [1.54, 1.807) is 0 Å². The fourth-order valence-electron chi connectivity index (χ4n) is 1.35. The van der Waals surface area contributed by atoms with Crippen molar-refractivity contribution >= 4 is 0 Å². The normalized spacial score (nSPS) is 46.5. The van der Waals surface area contributed by atoms with Crippen LogP contribution in [0.15, 0.2) is 0 Å². The first-order valence-corrected chi connectivity index (χ1v) is 4.03. The molecule has 0 aromatic carbocycles. The molecular formula is C6H11NO8. The molecule has 0 aliphatic carbocycles. The number of hydrogen-bond donors (Lipinski definition) is 5. The SMILES string of the molecule is O=[N+]([O-])[C@]1(O)[C@H](O)[C@@H](O)[C@@H](O)O[C@@H]1CO. The lowest BCUT2D eigenvalue weighted by molar-refractivity contribution is -0.665. The minimum Gasteiger partial charge on any atom is -0.393 e. The van der Waals surface area contributed by atoms with Crippen LogP contribution in [0.1, 0.15) is 0 Å². The molecule has 1 rings (SSSR count). The van der Waals surface area contributed by atoms with Gasteiger partial charge in [0, 0.05) is 0 Å². The molecule has 0 aromatic rings. The van der Waals surface area contributed by atoms with Crippen LogP contribution in [0.2, 0.25) is 0 Å². The molecule has 0 spiro atoms. The highest BCUT2D eigenvalue weighted by Crippen LogP contribution is 2.29. The van der Waals surface area contributed by atoms with Gasteiger partial charge in [-0.3, -0.25) is 10.1 Å². The van der Waals surface area contributed by atoms with E-state index in [1.807, 2.05) is 0 Å². The number of ether oxygens (including phenoxy) is 1. The van der Waals surface area contributed by atoms with E-state index >= 15 is 0 Å². The number of aliphatic hydroxyl groups is 5. The van der Waals surface area contributed by atoms with Crippen molar-refractivity contribution in [1.82, 2.24) is 0 Å². The molecule has 9 heteroatoms. The summed E-state index contributed by atoms with van der Waals surface area (Å²) in [6.07, 6.45) is -8.00. The van der Waals surface area contributed by atoms with Crippen molar-refractivity contribution in [1.29, 1.82) is 0 Å². The zero-order valence-corrected chi connectivity index (χ0v) is 7.42. The smallest absolute Gasteiger partial charge is 0.379 e. The van der Waals surface area contributed by atoms with Gasteiger partial charge in [0.1, 0.15) is 6.10 Å². The molecule has 0 amide bonds. The third-order valence-electron chi connectivity index (χ3n) is 2.29. The fraction of sp³-hybridized carbons (Fsp3) is 1.00. The second-order valence-corrected chi connectivity index (χ2v) is 3.17. The van der Waals surface area contributed by atoms with E-state index in [4.69, 9.17) is 15.3 Å². The maximum atomic E-state index is 10.5. The number of aliphatic hydroxyl groups excluding tert-OH is 4. The Morgan fingerprint density at radius 3 is 2.33 bits per heavy atom. The van der Waals surface area contributed by atoms with Crippen LogP contribution < -0.4 is 0 Å². The molecule has 0 saturated carbocycles. The Balaban J connectivity index is 3.04. The molecule has 1 saturated heterocycles. The maximum Gasteiger partial charge on any atom is 0.379 e. The average Bonchev–Trinajstić information content (AvgIpc) is 2.20. The van der Waals surface area contributed by atoms with Gasteiger partial charge in [-0.2, -0.15) is 0 Å². The van der Waals surface area contributed by atoms with Crippen molar-refractivity contribution in [2.24, 2.45) is 0 Å². The summed E-state index contributed by atoms with van der Waals surface area (Å²) in [5, 5.41) is 56.0. The summed E-state index contributed by atoms with van der Waals surface area (Å²) in [5.74, 6) is 0. The van der Waals surface area contributed by atoms with Gasteiger partial charge in [-0.15, -0.1) is 0 Å². The third kappa shape index (κ3) is 1.69. The fourth-order valence-corrected chi connectivity index (χ4v) is 1.35. The molecule has 88 valence electrons. The van der Waals surface area contributed by atoms with Crippen LogP contribution >= 0.6 is 0 Å². The van der Waals surface area contributed by atoms with Crippen molar-refractivity contribution in [3.63, 3.8) is 0 Å². The van der Waals surface area contributed by atoms with E-state index < -0.39 is 41.9 Å². The Labute approximate surface area is 83.3 Å². The van der Waals surface area contributed by atoms with Gasteiger partial charge in [0.15, 0.2) is 18.5 Å². The molecule has 1 heterocycles. The van der Waals surface area contributed by atoms with Gasteiger partial charge in [-0.1, -0.05) is 0 Å². The Kier molecular flexibility index (Phi) is 3.23. The van der Waals surface area contributed by atoms with Crippen molar-refractivity contribution in [2.75, 3.05) is 6.61 Å². The van der Waals surface area contributed by atoms with Crippen molar-refractivity contribution in [3.8, 4) is 0 Å². The Bertz CT molecular complexity index is 256. The minimum absolute atomic E-state index is 0.988. The van der Waals surface area contributed by atoms with Crippen LogP contribution in [0.25, 0.3) is 0 Å². The van der Waals surface area contributed by atoms with Gasteiger partial charge < -0.3 is 30.3 Å². The van der Waals surface area contributed by atoms with E-state index in [-0.39, 0.29) is 0 Å². The van der Waals surface area contributed by atoms with Crippen LogP contribution in [0.3, 0.4) is 0 Å². The molecule has 0 aromatic heterocycles. The minimum atomic E-state index is -3.05. The maximum absolute atomic E-state index is 10.5. The highest BCUT2D eigenvalue weighted by molar-refractivity contribution is 4.94. The van der Waals surface area contributed by atoms with E-state index in [2.05, 4.69) is 4.74 Å². The van der Waals surface area contributed by atoms with E-state index in [1.165, 1.54) is 0 Å². The Morgan fingerprint density at radius 1 is 1.40 bits per heavy atom. The molecule has 0 bridgehead atoms. The first-order valence-electron chi connectivity index (χ1n) is 4.03. The zero-order chi connectivity index (χ0) is 11.8. The van der Waals surface area contributed by atoms with Crippen molar-refractivity contribution < 1.29 is 35.2 Å². The summed E-state index contributed by atoms with van der Waals surface area (Å²) in [7, 11) is 0. The summed E-state index contributed by atoms with van der Waals surface area (Å²) in [6.45, 7) is -0.988. The van der Waals surface area contributed by atoms with Crippen LogP contribution in [0.5, 0.6) is 0 Å². The van der Waals surface area contributed by atoms with Gasteiger partial charge >= 0.3 is 5.72 Å². The predicted octanol–water partition coefficient (Wildman–Crippen LogP) is -3.62. The van der Waals surface area contributed by atoms with E-state index in [0.717, 1.165) is 0 Å². The molecule has 9 nitrogen and oxygen atoms in total.